The van der Waals surface area contributed by atoms with Crippen molar-refractivity contribution >= 4 is 16.7 Å². The van der Waals surface area contributed by atoms with Gasteiger partial charge in [-0.15, -0.1) is 5.10 Å². The minimum Gasteiger partial charge on any atom is -0.497 e. The molecule has 12 heteroatoms. The molecule has 0 saturated carbocycles. The Morgan fingerprint density at radius 2 is 1.82 bits per heavy atom. The van der Waals surface area contributed by atoms with Crippen molar-refractivity contribution in [1.82, 2.24) is 15.1 Å². The number of hydrogen-bond donors (Lipinski definition) is 2. The van der Waals surface area contributed by atoms with Crippen LogP contribution in [0.1, 0.15) is 25.8 Å². The first-order valence-electron chi connectivity index (χ1n) is 12.3. The van der Waals surface area contributed by atoms with Crippen LogP contribution in [0.25, 0.3) is 27.6 Å². The molecule has 0 unspecified atom stereocenters. The number of carboxylic acid groups (broad SMARTS) is 1. The second-order valence-electron chi connectivity index (χ2n) is 9.06. The number of nitrogens with one attached hydrogen (secondary N) is 1. The van der Waals surface area contributed by atoms with Gasteiger partial charge in [0.15, 0.2) is 0 Å². The quantitative estimate of drug-likeness (QED) is 0.0966. The maximum Gasteiger partial charge on any atom is 0.416 e. The third kappa shape index (κ3) is 7.01. The van der Waals surface area contributed by atoms with Gasteiger partial charge in [0.2, 0.25) is 0 Å². The summed E-state index contributed by atoms with van der Waals surface area (Å²) in [6, 6.07) is 14.3. The number of methoxy groups -OCH3 is 1. The molecule has 4 rings (SSSR count). The smallest absolute Gasteiger partial charge is 0.416 e. The zero-order chi connectivity index (χ0) is 28.9. The molecule has 212 valence electrons. The summed E-state index contributed by atoms with van der Waals surface area (Å²) in [5.74, 6) is -0.0849. The molecule has 0 aliphatic carbocycles. The Labute approximate surface area is 228 Å². The van der Waals surface area contributed by atoms with Gasteiger partial charge >= 0.3 is 12.1 Å². The van der Waals surface area contributed by atoms with Crippen molar-refractivity contribution in [2.45, 2.75) is 32.5 Å². The van der Waals surface area contributed by atoms with Gasteiger partial charge in [0.05, 0.1) is 30.8 Å². The van der Waals surface area contributed by atoms with E-state index in [1.165, 1.54) is 16.9 Å². The van der Waals surface area contributed by atoms with E-state index in [4.69, 9.17) is 24.4 Å². The zero-order valence-corrected chi connectivity index (χ0v) is 22.0. The van der Waals surface area contributed by atoms with E-state index in [1.807, 2.05) is 36.4 Å². The lowest BCUT2D eigenvalue weighted by atomic mass is 10.0. The van der Waals surface area contributed by atoms with Crippen LogP contribution in [-0.2, 0) is 15.9 Å². The Morgan fingerprint density at radius 1 is 1.07 bits per heavy atom. The molecule has 1 aromatic heterocycles. The van der Waals surface area contributed by atoms with Crippen molar-refractivity contribution in [2.24, 2.45) is 0 Å². The molecule has 0 atom stereocenters. The Bertz CT molecular complexity index is 1490. The van der Waals surface area contributed by atoms with Crippen molar-refractivity contribution in [2.75, 3.05) is 20.4 Å². The Balaban J connectivity index is 1.74. The van der Waals surface area contributed by atoms with Gasteiger partial charge in [-0.2, -0.15) is 18.1 Å². The molecule has 0 bridgehead atoms. The highest BCUT2D eigenvalue weighted by Crippen LogP contribution is 2.37. The van der Waals surface area contributed by atoms with E-state index >= 15 is 0 Å². The second kappa shape index (κ2) is 12.3. The lowest BCUT2D eigenvalue weighted by molar-refractivity contribution is -0.215. The Kier molecular flexibility index (Phi) is 8.80. The van der Waals surface area contributed by atoms with Crippen molar-refractivity contribution in [3.8, 4) is 34.2 Å². The maximum absolute atomic E-state index is 13.6. The molecular formula is C28H28F3N3O6. The third-order valence-corrected chi connectivity index (χ3v) is 5.75. The SMILES string of the molecule is COc1ccc2cc(-c3cn(-c4cc(C(F)(F)F)ccc4OC(C)C)nc3OOCNCCC(=O)O)ccc2c1. The van der Waals surface area contributed by atoms with Crippen LogP contribution in [0.5, 0.6) is 17.4 Å². The first kappa shape index (κ1) is 28.7. The fraction of sp³-hybridized carbons (Fsp3) is 0.286. The van der Waals surface area contributed by atoms with Crippen LogP contribution in [-0.4, -0.2) is 47.3 Å². The molecule has 0 spiro atoms. The minimum absolute atomic E-state index is 0.0131. The normalized spacial score (nSPS) is 11.7. The Morgan fingerprint density at radius 3 is 2.52 bits per heavy atom. The standard InChI is InChI=1S/C28H28F3N3O6/c1-17(2)39-25-9-7-21(28(29,30)31)14-24(25)34-15-23(27(33-34)40-38-16-32-11-10-26(35)36)20-5-4-19-13-22(37-3)8-6-18(19)12-20/h4-9,12-15,17,32H,10-11,16H2,1-3H3,(H,35,36). The van der Waals surface area contributed by atoms with Crippen LogP contribution >= 0.6 is 0 Å². The van der Waals surface area contributed by atoms with Crippen molar-refractivity contribution in [1.29, 1.82) is 0 Å². The topological polar surface area (TPSA) is 104 Å². The number of halogens is 3. The summed E-state index contributed by atoms with van der Waals surface area (Å²) in [6.45, 7) is 3.52. The summed E-state index contributed by atoms with van der Waals surface area (Å²) in [7, 11) is 1.58. The largest absolute Gasteiger partial charge is 0.497 e. The monoisotopic (exact) mass is 559 g/mol. The third-order valence-electron chi connectivity index (χ3n) is 5.75. The predicted octanol–water partition coefficient (Wildman–Crippen LogP) is 5.84. The highest BCUT2D eigenvalue weighted by molar-refractivity contribution is 5.89. The minimum atomic E-state index is -4.58. The summed E-state index contributed by atoms with van der Waals surface area (Å²) in [5, 5.41) is 17.7. The van der Waals surface area contributed by atoms with E-state index in [9.17, 15) is 18.0 Å². The molecule has 0 aliphatic rings. The Hall–Kier alpha value is -4.29. The number of ether oxygens (including phenoxy) is 2. The molecule has 4 aromatic rings. The summed E-state index contributed by atoms with van der Waals surface area (Å²) >= 11 is 0. The molecule has 9 nitrogen and oxygen atoms in total. The van der Waals surface area contributed by atoms with Crippen LogP contribution in [0.3, 0.4) is 0 Å². The van der Waals surface area contributed by atoms with Gasteiger partial charge in [0.25, 0.3) is 5.88 Å². The highest BCUT2D eigenvalue weighted by atomic mass is 19.4. The predicted molar refractivity (Wildman–Crippen MR) is 141 cm³/mol. The van der Waals surface area contributed by atoms with Crippen molar-refractivity contribution < 1.29 is 42.3 Å². The zero-order valence-electron chi connectivity index (χ0n) is 22.0. The molecular weight excluding hydrogens is 531 g/mol. The van der Waals surface area contributed by atoms with Crippen LogP contribution in [0.2, 0.25) is 0 Å². The first-order valence-corrected chi connectivity index (χ1v) is 12.3. The van der Waals surface area contributed by atoms with Gasteiger partial charge in [-0.1, -0.05) is 18.2 Å². The van der Waals surface area contributed by atoms with Gasteiger partial charge in [0.1, 0.15) is 23.9 Å². The summed E-state index contributed by atoms with van der Waals surface area (Å²) in [5.41, 5.74) is 0.303. The van der Waals surface area contributed by atoms with E-state index in [1.54, 1.807) is 21.0 Å². The lowest BCUT2D eigenvalue weighted by Gasteiger charge is -2.16. The molecule has 0 radical (unpaired) electrons. The number of hydrogen-bond acceptors (Lipinski definition) is 7. The van der Waals surface area contributed by atoms with E-state index in [2.05, 4.69) is 10.4 Å². The van der Waals surface area contributed by atoms with Crippen LogP contribution in [0, 0.1) is 0 Å². The van der Waals surface area contributed by atoms with Crippen molar-refractivity contribution in [3.05, 3.63) is 66.4 Å². The summed E-state index contributed by atoms with van der Waals surface area (Å²) < 4.78 is 53.0. The van der Waals surface area contributed by atoms with Gasteiger partial charge in [-0.25, -0.2) is 4.68 Å². The number of aromatic nitrogens is 2. The fourth-order valence-electron chi connectivity index (χ4n) is 3.88. The molecule has 0 fully saturated rings. The summed E-state index contributed by atoms with van der Waals surface area (Å²) in [4.78, 5) is 21.3. The lowest BCUT2D eigenvalue weighted by Crippen LogP contribution is -2.22. The average Bonchev–Trinajstić information content (AvgIpc) is 3.33. The van der Waals surface area contributed by atoms with E-state index in [0.717, 1.165) is 22.9 Å². The number of alkyl halides is 3. The number of benzene rings is 3. The number of carboxylic acids is 1. The molecule has 2 N–H and O–H groups in total. The molecule has 0 aliphatic heterocycles. The number of carbonyl (C=O) groups is 1. The van der Waals surface area contributed by atoms with E-state index < -0.39 is 17.7 Å². The van der Waals surface area contributed by atoms with E-state index in [0.29, 0.717) is 16.9 Å². The van der Waals surface area contributed by atoms with Crippen LogP contribution in [0.15, 0.2) is 60.8 Å². The highest BCUT2D eigenvalue weighted by Gasteiger charge is 2.32. The summed E-state index contributed by atoms with van der Waals surface area (Å²) in [6.07, 6.45) is -3.47. The van der Waals surface area contributed by atoms with Crippen molar-refractivity contribution in [3.63, 3.8) is 0 Å². The average molecular weight is 560 g/mol. The second-order valence-corrected chi connectivity index (χ2v) is 9.06. The van der Waals surface area contributed by atoms with E-state index in [-0.39, 0.29) is 43.1 Å². The molecule has 3 aromatic carbocycles. The van der Waals surface area contributed by atoms with Gasteiger partial charge in [-0.05, 0) is 66.6 Å². The molecule has 40 heavy (non-hydrogen) atoms. The molecule has 1 heterocycles. The number of nitrogens with zero attached hydrogens (tertiary/aromatic N) is 2. The van der Waals surface area contributed by atoms with Gasteiger partial charge < -0.3 is 19.5 Å². The number of fused-ring (bicyclic) bond motifs is 1. The number of rotatable bonds is 12. The fourth-order valence-corrected chi connectivity index (χ4v) is 3.88. The first-order chi connectivity index (χ1) is 19.0. The van der Waals surface area contributed by atoms with Crippen LogP contribution in [0.4, 0.5) is 13.2 Å². The van der Waals surface area contributed by atoms with Gasteiger partial charge in [-0.3, -0.25) is 10.1 Å². The molecule has 0 amide bonds. The number of aliphatic carboxylic acids is 1. The molecule has 0 saturated heterocycles. The van der Waals surface area contributed by atoms with Gasteiger partial charge in [0, 0.05) is 12.7 Å². The maximum atomic E-state index is 13.6. The van der Waals surface area contributed by atoms with Crippen LogP contribution < -0.4 is 19.7 Å².